The van der Waals surface area contributed by atoms with Gasteiger partial charge in [-0.05, 0) is 0 Å². The molecule has 0 saturated carbocycles. The summed E-state index contributed by atoms with van der Waals surface area (Å²) in [6.07, 6.45) is 0. The Hall–Kier alpha value is -0.951. The van der Waals surface area contributed by atoms with E-state index in [-0.39, 0.29) is 0 Å². The summed E-state index contributed by atoms with van der Waals surface area (Å²) in [5.74, 6) is 0.868. The van der Waals surface area contributed by atoms with Gasteiger partial charge in [0.15, 0.2) is 0 Å². The molecule has 2 aromatic carbocycles. The molecule has 0 aliphatic rings. The molecular weight excluding hydrogens is 323 g/mol. The normalized spacial score (nSPS) is 10.5. The van der Waals surface area contributed by atoms with Gasteiger partial charge in [-0.25, -0.2) is 0 Å². The first-order valence-electron chi connectivity index (χ1n) is 6.15. The number of rotatable bonds is 4. The molecule has 0 fully saturated rings. The van der Waals surface area contributed by atoms with Crippen LogP contribution in [0, 0.1) is 13.8 Å². The topological polar surface area (TPSA) is 9.23 Å². The number of aryl methyl sites for hydroxylation is 2. The Morgan fingerprint density at radius 2 is 1.53 bits per heavy atom. The van der Waals surface area contributed by atoms with Gasteiger partial charge in [0, 0.05) is 0 Å². The Kier molecular flexibility index (Phi) is 4.92. The number of hydrogen-bond acceptors (Lipinski definition) is 1. The Bertz CT molecular complexity index is 540. The molecule has 0 unspecified atom stereocenters. The predicted octanol–water partition coefficient (Wildman–Crippen LogP) is 4.20. The number of benzene rings is 2. The van der Waals surface area contributed by atoms with Crippen LogP contribution in [0.25, 0.3) is 0 Å². The van der Waals surface area contributed by atoms with Crippen LogP contribution in [0.2, 0.25) is 5.02 Å². The average molecular weight is 339 g/mol. The van der Waals surface area contributed by atoms with E-state index < -0.39 is 0 Å². The summed E-state index contributed by atoms with van der Waals surface area (Å²) in [5, 5.41) is 1.76. The van der Waals surface area contributed by atoms with Crippen molar-refractivity contribution in [2.75, 3.05) is 0 Å². The van der Waals surface area contributed by atoms with Crippen molar-refractivity contribution in [1.29, 1.82) is 0 Å². The van der Waals surface area contributed by atoms with E-state index in [0.29, 0.717) is 6.61 Å². The van der Waals surface area contributed by atoms with Gasteiger partial charge in [0.1, 0.15) is 0 Å². The van der Waals surface area contributed by atoms with E-state index in [1.807, 2.05) is 26.0 Å². The number of halogens is 1. The molecule has 0 amide bonds. The van der Waals surface area contributed by atoms with Gasteiger partial charge < -0.3 is 0 Å². The van der Waals surface area contributed by atoms with E-state index in [0.717, 1.165) is 27.2 Å². The van der Waals surface area contributed by atoms with Gasteiger partial charge in [0.2, 0.25) is 0 Å². The second-order valence-electron chi connectivity index (χ2n) is 4.62. The minimum absolute atomic E-state index is 0.578. The molecular formula is C16H16ClOSe. The molecule has 99 valence electrons. The van der Waals surface area contributed by atoms with Gasteiger partial charge in [0.05, 0.1) is 0 Å². The molecule has 0 aromatic heterocycles. The second kappa shape index (κ2) is 6.47. The zero-order chi connectivity index (χ0) is 13.8. The summed E-state index contributed by atoms with van der Waals surface area (Å²) < 4.78 is 5.82. The van der Waals surface area contributed by atoms with Crippen LogP contribution < -0.4 is 4.74 Å². The number of ether oxygens (including phenoxy) is 1. The van der Waals surface area contributed by atoms with Crippen molar-refractivity contribution in [3.8, 4) is 5.75 Å². The molecule has 2 rings (SSSR count). The predicted molar refractivity (Wildman–Crippen MR) is 81.2 cm³/mol. The van der Waals surface area contributed by atoms with Crippen LogP contribution in [0.1, 0.15) is 22.3 Å². The fourth-order valence-corrected chi connectivity index (χ4v) is 2.40. The summed E-state index contributed by atoms with van der Waals surface area (Å²) in [7, 11) is 0. The van der Waals surface area contributed by atoms with Gasteiger partial charge in [-0.1, -0.05) is 0 Å². The monoisotopic (exact) mass is 339 g/mol. The van der Waals surface area contributed by atoms with Crippen LogP contribution in [0.15, 0.2) is 36.4 Å². The zero-order valence-corrected chi connectivity index (χ0v) is 13.5. The molecule has 0 aliphatic carbocycles. The second-order valence-corrected chi connectivity index (χ2v) is 5.60. The first-order chi connectivity index (χ1) is 9.10. The van der Waals surface area contributed by atoms with Crippen LogP contribution in [-0.2, 0) is 11.9 Å². The zero-order valence-electron chi connectivity index (χ0n) is 11.1. The van der Waals surface area contributed by atoms with Crippen molar-refractivity contribution in [3.63, 3.8) is 0 Å². The summed E-state index contributed by atoms with van der Waals surface area (Å²) in [4.78, 5) is 0. The van der Waals surface area contributed by atoms with Crippen molar-refractivity contribution >= 4 is 27.6 Å². The first-order valence-corrected chi connectivity index (χ1v) is 7.74. The summed E-state index contributed by atoms with van der Waals surface area (Å²) in [6.45, 7) is 4.57. The van der Waals surface area contributed by atoms with Crippen molar-refractivity contribution in [2.24, 2.45) is 0 Å². The molecule has 2 aromatic rings. The molecule has 0 heterocycles. The van der Waals surface area contributed by atoms with Crippen molar-refractivity contribution < 1.29 is 4.74 Å². The van der Waals surface area contributed by atoms with E-state index in [2.05, 4.69) is 40.3 Å². The molecule has 0 spiro atoms. The Morgan fingerprint density at radius 1 is 1.00 bits per heavy atom. The number of hydrogen-bond donors (Lipinski definition) is 0. The standard InChI is InChI=1S/C16H16ClOSe/c1-11-7-15(8-12(2)16(11)17)18-9-13-3-5-14(10-19)6-4-13/h3-8H,9-10H2,1-2H3. The summed E-state index contributed by atoms with van der Waals surface area (Å²) >= 11 is 9.15. The third-order valence-corrected chi connectivity index (χ3v) is 4.30. The molecule has 19 heavy (non-hydrogen) atoms. The SMILES string of the molecule is Cc1cc(OCc2ccc(C[Se])cc2)cc(C)c1Cl. The van der Waals surface area contributed by atoms with Crippen LogP contribution in [0.4, 0.5) is 0 Å². The fourth-order valence-electron chi connectivity index (χ4n) is 1.89. The molecule has 1 radical (unpaired) electrons. The third-order valence-electron chi connectivity index (χ3n) is 3.01. The molecule has 0 bridgehead atoms. The minimum atomic E-state index is 0.578. The summed E-state index contributed by atoms with van der Waals surface area (Å²) in [6, 6.07) is 12.4. The van der Waals surface area contributed by atoms with Gasteiger partial charge in [0.25, 0.3) is 0 Å². The van der Waals surface area contributed by atoms with Crippen molar-refractivity contribution in [3.05, 3.63) is 63.7 Å². The van der Waals surface area contributed by atoms with Crippen LogP contribution >= 0.6 is 11.6 Å². The molecule has 1 nitrogen and oxygen atoms in total. The van der Waals surface area contributed by atoms with E-state index >= 15 is 0 Å². The van der Waals surface area contributed by atoms with E-state index in [4.69, 9.17) is 16.3 Å². The molecule has 0 saturated heterocycles. The van der Waals surface area contributed by atoms with Crippen LogP contribution in [-0.4, -0.2) is 16.0 Å². The van der Waals surface area contributed by atoms with Crippen molar-refractivity contribution in [2.45, 2.75) is 25.8 Å². The molecule has 0 aliphatic heterocycles. The van der Waals surface area contributed by atoms with Crippen molar-refractivity contribution in [1.82, 2.24) is 0 Å². The Balaban J connectivity index is 2.05. The summed E-state index contributed by atoms with van der Waals surface area (Å²) in [5.41, 5.74) is 4.56. The first kappa shape index (κ1) is 14.5. The van der Waals surface area contributed by atoms with Gasteiger partial charge in [-0.3, -0.25) is 0 Å². The third kappa shape index (κ3) is 3.76. The van der Waals surface area contributed by atoms with Gasteiger partial charge >= 0.3 is 128 Å². The molecule has 3 heteroatoms. The van der Waals surface area contributed by atoms with E-state index in [9.17, 15) is 0 Å². The fraction of sp³-hybridized carbons (Fsp3) is 0.250. The molecule has 0 N–H and O–H groups in total. The quantitative estimate of drug-likeness (QED) is 0.759. The average Bonchev–Trinajstić information content (AvgIpc) is 2.43. The molecule has 0 atom stereocenters. The van der Waals surface area contributed by atoms with E-state index in [1.165, 1.54) is 11.1 Å². The maximum atomic E-state index is 6.14. The maximum absolute atomic E-state index is 6.14. The van der Waals surface area contributed by atoms with Gasteiger partial charge in [-0.2, -0.15) is 0 Å². The Labute approximate surface area is 127 Å². The Morgan fingerprint density at radius 3 is 2.05 bits per heavy atom. The van der Waals surface area contributed by atoms with Crippen LogP contribution in [0.5, 0.6) is 5.75 Å². The van der Waals surface area contributed by atoms with Gasteiger partial charge in [-0.15, -0.1) is 0 Å². The van der Waals surface area contributed by atoms with Crippen LogP contribution in [0.3, 0.4) is 0 Å². The van der Waals surface area contributed by atoms with E-state index in [1.54, 1.807) is 0 Å².